The van der Waals surface area contributed by atoms with Crippen molar-refractivity contribution < 1.29 is 27.9 Å². The van der Waals surface area contributed by atoms with Gasteiger partial charge in [0, 0.05) is 44.9 Å². The van der Waals surface area contributed by atoms with Gasteiger partial charge < -0.3 is 4.74 Å². The lowest BCUT2D eigenvalue weighted by molar-refractivity contribution is 0.0728. The van der Waals surface area contributed by atoms with Crippen molar-refractivity contribution in [1.29, 1.82) is 0 Å². The molecule has 0 aliphatic carbocycles. The molecule has 0 spiro atoms. The van der Waals surface area contributed by atoms with Crippen LogP contribution in [0.25, 0.3) is 22.3 Å². The molecule has 0 N–H and O–H groups in total. The minimum atomic E-state index is -0.413. The van der Waals surface area contributed by atoms with E-state index in [9.17, 15) is 23.2 Å². The van der Waals surface area contributed by atoms with E-state index in [2.05, 4.69) is 0 Å². The molecule has 7 rings (SSSR count). The first-order valence-electron chi connectivity index (χ1n) is 16.7. The van der Waals surface area contributed by atoms with Crippen molar-refractivity contribution in [2.24, 2.45) is 0 Å². The number of halogens is 2. The number of thioether (sulfide) groups is 1. The van der Waals surface area contributed by atoms with Crippen LogP contribution in [0.4, 0.5) is 8.78 Å². The molecule has 6 aromatic carbocycles. The van der Waals surface area contributed by atoms with E-state index >= 15 is 0 Å². The summed E-state index contributed by atoms with van der Waals surface area (Å²) < 4.78 is 32.7. The summed E-state index contributed by atoms with van der Waals surface area (Å²) >= 11 is 1.67. The van der Waals surface area contributed by atoms with Gasteiger partial charge in [-0.05, 0) is 120 Å². The molecule has 1 heterocycles. The summed E-state index contributed by atoms with van der Waals surface area (Å²) in [6.07, 6.45) is 3.22. The summed E-state index contributed by atoms with van der Waals surface area (Å²) in [7, 11) is 0. The van der Waals surface area contributed by atoms with Crippen LogP contribution in [0.15, 0.2) is 144 Å². The van der Waals surface area contributed by atoms with E-state index in [1.165, 1.54) is 48.5 Å². The van der Waals surface area contributed by atoms with Crippen molar-refractivity contribution in [3.63, 3.8) is 0 Å². The van der Waals surface area contributed by atoms with E-state index in [0.717, 1.165) is 47.5 Å². The van der Waals surface area contributed by atoms with Gasteiger partial charge in [-0.25, -0.2) is 8.78 Å². The molecular formula is C44H32F2O4S. The summed E-state index contributed by atoms with van der Waals surface area (Å²) in [5.41, 5.74) is 5.85. The van der Waals surface area contributed by atoms with Gasteiger partial charge in [-0.3, -0.25) is 14.4 Å². The molecule has 1 atom stereocenters. The first-order valence-corrected chi connectivity index (χ1v) is 17.6. The van der Waals surface area contributed by atoms with E-state index in [4.69, 9.17) is 4.74 Å². The normalized spacial score (nSPS) is 14.2. The fourth-order valence-corrected chi connectivity index (χ4v) is 7.16. The highest BCUT2D eigenvalue weighted by molar-refractivity contribution is 7.99. The van der Waals surface area contributed by atoms with Crippen LogP contribution in [0.1, 0.15) is 67.0 Å². The summed E-state index contributed by atoms with van der Waals surface area (Å²) in [6.45, 7) is 0.766. The van der Waals surface area contributed by atoms with Crippen LogP contribution < -0.4 is 0 Å². The Labute approximate surface area is 299 Å². The molecule has 0 radical (unpaired) electrons. The maximum absolute atomic E-state index is 14.2. The lowest BCUT2D eigenvalue weighted by atomic mass is 9.89. The second-order valence-corrected chi connectivity index (χ2v) is 13.6. The molecule has 7 heteroatoms. The molecular weight excluding hydrogens is 663 g/mol. The van der Waals surface area contributed by atoms with Crippen LogP contribution in [0.5, 0.6) is 0 Å². The van der Waals surface area contributed by atoms with Gasteiger partial charge in [0.2, 0.25) is 0 Å². The highest BCUT2D eigenvalue weighted by Crippen LogP contribution is 2.34. The average molecular weight is 695 g/mol. The lowest BCUT2D eigenvalue weighted by Crippen LogP contribution is -2.15. The van der Waals surface area contributed by atoms with Crippen LogP contribution >= 0.6 is 11.8 Å². The second-order valence-electron chi connectivity index (χ2n) is 12.4. The van der Waals surface area contributed by atoms with E-state index in [-0.39, 0.29) is 22.8 Å². The topological polar surface area (TPSA) is 60.4 Å². The Balaban J connectivity index is 1.20. The third-order valence-electron chi connectivity index (χ3n) is 8.94. The Morgan fingerprint density at radius 3 is 1.47 bits per heavy atom. The van der Waals surface area contributed by atoms with Crippen molar-refractivity contribution in [2.75, 3.05) is 6.61 Å². The van der Waals surface area contributed by atoms with E-state index in [1.807, 2.05) is 66.7 Å². The minimum Gasteiger partial charge on any atom is -0.367 e. The minimum absolute atomic E-state index is 0.110. The average Bonchev–Trinajstić information content (AvgIpc) is 3.18. The Morgan fingerprint density at radius 2 is 0.961 bits per heavy atom. The highest BCUT2D eigenvalue weighted by atomic mass is 32.2. The van der Waals surface area contributed by atoms with Gasteiger partial charge in [0.15, 0.2) is 17.3 Å². The number of carbonyl (C=O) groups excluding carboxylic acids is 3. The Morgan fingerprint density at radius 1 is 0.510 bits per heavy atom. The number of carbonyl (C=O) groups is 3. The quantitative estimate of drug-likeness (QED) is 0.134. The zero-order valence-corrected chi connectivity index (χ0v) is 28.3. The van der Waals surface area contributed by atoms with Crippen molar-refractivity contribution in [2.45, 2.75) is 29.6 Å². The van der Waals surface area contributed by atoms with E-state index < -0.39 is 11.6 Å². The molecule has 1 aliphatic heterocycles. The van der Waals surface area contributed by atoms with Crippen LogP contribution in [0.3, 0.4) is 0 Å². The zero-order chi connectivity index (χ0) is 35.3. The van der Waals surface area contributed by atoms with Crippen LogP contribution in [-0.2, 0) is 4.74 Å². The van der Waals surface area contributed by atoms with Crippen molar-refractivity contribution in [1.82, 2.24) is 0 Å². The van der Waals surface area contributed by atoms with E-state index in [0.29, 0.717) is 38.9 Å². The lowest BCUT2D eigenvalue weighted by Gasteiger charge is -2.21. The maximum Gasteiger partial charge on any atom is 0.193 e. The molecule has 0 bridgehead atoms. The first-order chi connectivity index (χ1) is 24.8. The number of hydrogen-bond donors (Lipinski definition) is 0. The number of rotatable bonds is 10. The molecule has 1 saturated heterocycles. The smallest absolute Gasteiger partial charge is 0.193 e. The fraction of sp³-hybridized carbons (Fsp3) is 0.114. The highest BCUT2D eigenvalue weighted by Gasteiger charge is 2.20. The number of ketones is 3. The third-order valence-corrected chi connectivity index (χ3v) is 10.1. The zero-order valence-electron chi connectivity index (χ0n) is 27.5. The molecule has 252 valence electrons. The molecule has 1 unspecified atom stereocenters. The fourth-order valence-electron chi connectivity index (χ4n) is 6.11. The molecule has 0 aromatic heterocycles. The Kier molecular flexibility index (Phi) is 10.1. The predicted molar refractivity (Wildman–Crippen MR) is 196 cm³/mol. The maximum atomic E-state index is 14.2. The van der Waals surface area contributed by atoms with Crippen LogP contribution in [-0.4, -0.2) is 29.4 Å². The van der Waals surface area contributed by atoms with Gasteiger partial charge in [-0.1, -0.05) is 72.4 Å². The number of benzene rings is 6. The largest absolute Gasteiger partial charge is 0.367 e. The van der Waals surface area contributed by atoms with Crippen LogP contribution in [0.2, 0.25) is 0 Å². The van der Waals surface area contributed by atoms with E-state index in [1.54, 1.807) is 36.0 Å². The Bertz CT molecular complexity index is 2190. The van der Waals surface area contributed by atoms with Gasteiger partial charge in [-0.15, -0.1) is 0 Å². The molecule has 1 fully saturated rings. The third kappa shape index (κ3) is 7.80. The van der Waals surface area contributed by atoms with Crippen molar-refractivity contribution >= 4 is 29.1 Å². The van der Waals surface area contributed by atoms with Gasteiger partial charge >= 0.3 is 0 Å². The molecule has 0 saturated carbocycles. The standard InChI is InChI=1S/C44H32F2O4S/c45-36-19-12-32(13-20-36)42(47)30-8-4-28(5-9-30)35-18-25-39(29-6-10-31(11-7-29)43(48)33-14-21-37(46)22-15-33)40(27-35)44(49)34-16-23-38(24-17-34)51-41-3-1-2-26-50-41/h4-25,27,41H,1-3,26H2. The molecule has 51 heavy (non-hydrogen) atoms. The molecule has 6 aromatic rings. The molecule has 0 amide bonds. The molecule has 4 nitrogen and oxygen atoms in total. The molecule has 1 aliphatic rings. The summed E-state index contributed by atoms with van der Waals surface area (Å²) in [5, 5.41) is 0. The van der Waals surface area contributed by atoms with Gasteiger partial charge in [0.1, 0.15) is 17.1 Å². The monoisotopic (exact) mass is 694 g/mol. The first kappa shape index (κ1) is 34.0. The summed E-state index contributed by atoms with van der Waals surface area (Å²) in [5.74, 6) is -1.43. The number of ether oxygens (including phenoxy) is 1. The van der Waals surface area contributed by atoms with Crippen LogP contribution in [0, 0.1) is 11.6 Å². The van der Waals surface area contributed by atoms with Gasteiger partial charge in [0.05, 0.1) is 0 Å². The van der Waals surface area contributed by atoms with Gasteiger partial charge in [0.25, 0.3) is 0 Å². The predicted octanol–water partition coefficient (Wildman–Crippen LogP) is 10.6. The SMILES string of the molecule is O=C(c1ccc(F)cc1)c1ccc(-c2ccc(-c3ccc(C(=O)c4ccc(F)cc4)cc3)c(C(=O)c3ccc(SC4CCCCO4)cc3)c2)cc1. The second kappa shape index (κ2) is 15.2. The number of hydrogen-bond acceptors (Lipinski definition) is 5. The van der Waals surface area contributed by atoms with Crippen molar-refractivity contribution in [3.05, 3.63) is 185 Å². The summed E-state index contributed by atoms with van der Waals surface area (Å²) in [6, 6.07) is 38.2. The Hall–Kier alpha value is -5.50. The van der Waals surface area contributed by atoms with Gasteiger partial charge in [-0.2, -0.15) is 0 Å². The van der Waals surface area contributed by atoms with Crippen molar-refractivity contribution in [3.8, 4) is 22.3 Å². The summed E-state index contributed by atoms with van der Waals surface area (Å²) in [4.78, 5) is 41.3.